The van der Waals surface area contributed by atoms with Gasteiger partial charge in [0.05, 0.1) is 0 Å². The molecule has 1 amide bonds. The van der Waals surface area contributed by atoms with E-state index in [-0.39, 0.29) is 17.4 Å². The van der Waals surface area contributed by atoms with Crippen LogP contribution in [0.1, 0.15) is 52.4 Å². The average Bonchev–Trinajstić information content (AvgIpc) is 3.13. The van der Waals surface area contributed by atoms with Gasteiger partial charge in [0.25, 0.3) is 5.91 Å². The molecule has 1 aliphatic rings. The van der Waals surface area contributed by atoms with Crippen molar-refractivity contribution < 1.29 is 19.1 Å². The third kappa shape index (κ3) is 4.50. The molecule has 1 fully saturated rings. The highest BCUT2D eigenvalue weighted by Crippen LogP contribution is 2.24. The number of aryl methyl sites for hydroxylation is 1. The van der Waals surface area contributed by atoms with Crippen molar-refractivity contribution >= 4 is 11.9 Å². The summed E-state index contributed by atoms with van der Waals surface area (Å²) >= 11 is 0. The number of carboxylic acid groups (broad SMARTS) is 1. The number of amides is 1. The molecule has 1 aliphatic heterocycles. The Morgan fingerprint density at radius 1 is 1.12 bits per heavy atom. The third-order valence-corrected chi connectivity index (χ3v) is 4.75. The molecule has 0 radical (unpaired) electrons. The Bertz CT molecular complexity index is 722. The van der Waals surface area contributed by atoms with Crippen LogP contribution >= 0.6 is 0 Å². The zero-order valence-corrected chi connectivity index (χ0v) is 14.2. The third-order valence-electron chi connectivity index (χ3n) is 4.75. The minimum atomic E-state index is -1.16. The average molecular weight is 341 g/mol. The molecule has 1 N–H and O–H groups in total. The molecule has 1 atom stereocenters. The zero-order valence-electron chi connectivity index (χ0n) is 14.2. The molecule has 0 saturated carbocycles. The lowest BCUT2D eigenvalue weighted by molar-refractivity contribution is 0.0614. The van der Waals surface area contributed by atoms with Gasteiger partial charge >= 0.3 is 5.97 Å². The summed E-state index contributed by atoms with van der Waals surface area (Å²) in [4.78, 5) is 25.2. The summed E-state index contributed by atoms with van der Waals surface area (Å²) in [5.41, 5.74) is 1.35. The SMILES string of the molecule is O=C(O)c1ccc(C(=O)N2CCCC(CCCc3ccccc3)C2)o1. The highest BCUT2D eigenvalue weighted by atomic mass is 16.4. The molecule has 2 aromatic rings. The number of carboxylic acids is 1. The van der Waals surface area contributed by atoms with Gasteiger partial charge in [0.2, 0.25) is 5.76 Å². The normalized spacial score (nSPS) is 17.4. The molecule has 0 bridgehead atoms. The van der Waals surface area contributed by atoms with Crippen molar-refractivity contribution in [3.8, 4) is 0 Å². The minimum Gasteiger partial charge on any atom is -0.475 e. The molecule has 1 aromatic heterocycles. The van der Waals surface area contributed by atoms with Gasteiger partial charge in [-0.2, -0.15) is 0 Å². The maximum Gasteiger partial charge on any atom is 0.371 e. The van der Waals surface area contributed by atoms with E-state index in [9.17, 15) is 9.59 Å². The molecule has 1 aromatic carbocycles. The van der Waals surface area contributed by atoms with Crippen molar-refractivity contribution in [3.63, 3.8) is 0 Å². The topological polar surface area (TPSA) is 70.8 Å². The Hall–Kier alpha value is -2.56. The molecule has 25 heavy (non-hydrogen) atoms. The number of furan rings is 1. The summed E-state index contributed by atoms with van der Waals surface area (Å²) in [7, 11) is 0. The number of likely N-dealkylation sites (tertiary alicyclic amines) is 1. The van der Waals surface area contributed by atoms with Gasteiger partial charge in [-0.25, -0.2) is 4.79 Å². The van der Waals surface area contributed by atoms with E-state index >= 15 is 0 Å². The molecule has 2 heterocycles. The van der Waals surface area contributed by atoms with Gasteiger partial charge in [-0.3, -0.25) is 4.79 Å². The smallest absolute Gasteiger partial charge is 0.371 e. The van der Waals surface area contributed by atoms with Crippen molar-refractivity contribution in [1.29, 1.82) is 0 Å². The molecule has 0 spiro atoms. The summed E-state index contributed by atoms with van der Waals surface area (Å²) in [6.45, 7) is 1.42. The molecule has 3 rings (SSSR count). The van der Waals surface area contributed by atoms with E-state index in [1.807, 2.05) is 6.07 Å². The van der Waals surface area contributed by atoms with Crippen LogP contribution in [0, 0.1) is 5.92 Å². The van der Waals surface area contributed by atoms with Gasteiger partial charge in [-0.15, -0.1) is 0 Å². The van der Waals surface area contributed by atoms with Crippen LogP contribution in [0.25, 0.3) is 0 Å². The summed E-state index contributed by atoms with van der Waals surface area (Å²) in [5, 5.41) is 8.90. The number of carbonyl (C=O) groups is 2. The minimum absolute atomic E-state index is 0.113. The highest BCUT2D eigenvalue weighted by Gasteiger charge is 2.26. The van der Waals surface area contributed by atoms with Crippen LogP contribution in [0.4, 0.5) is 0 Å². The van der Waals surface area contributed by atoms with E-state index in [1.165, 1.54) is 17.7 Å². The van der Waals surface area contributed by atoms with Crippen molar-refractivity contribution in [2.24, 2.45) is 5.92 Å². The highest BCUT2D eigenvalue weighted by molar-refractivity contribution is 5.93. The molecular weight excluding hydrogens is 318 g/mol. The molecule has 1 unspecified atom stereocenters. The first-order valence-electron chi connectivity index (χ1n) is 8.80. The van der Waals surface area contributed by atoms with Gasteiger partial charge in [-0.05, 0) is 55.7 Å². The van der Waals surface area contributed by atoms with Crippen LogP contribution in [0.3, 0.4) is 0 Å². The van der Waals surface area contributed by atoms with Crippen LogP contribution in [-0.4, -0.2) is 35.0 Å². The molecule has 1 saturated heterocycles. The lowest BCUT2D eigenvalue weighted by Crippen LogP contribution is -2.39. The zero-order chi connectivity index (χ0) is 17.6. The van der Waals surface area contributed by atoms with Crippen LogP contribution in [0.5, 0.6) is 0 Å². The van der Waals surface area contributed by atoms with Crippen molar-refractivity contribution in [2.75, 3.05) is 13.1 Å². The van der Waals surface area contributed by atoms with E-state index in [0.29, 0.717) is 12.5 Å². The Kier molecular flexibility index (Phi) is 5.53. The van der Waals surface area contributed by atoms with Crippen molar-refractivity contribution in [2.45, 2.75) is 32.1 Å². The number of hydrogen-bond acceptors (Lipinski definition) is 3. The second-order valence-electron chi connectivity index (χ2n) is 6.61. The van der Waals surface area contributed by atoms with Crippen LogP contribution < -0.4 is 0 Å². The van der Waals surface area contributed by atoms with Gasteiger partial charge in [-0.1, -0.05) is 30.3 Å². The van der Waals surface area contributed by atoms with E-state index in [2.05, 4.69) is 24.3 Å². The molecule has 132 valence electrons. The second-order valence-corrected chi connectivity index (χ2v) is 6.61. The van der Waals surface area contributed by atoms with Gasteiger partial charge in [0, 0.05) is 13.1 Å². The molecule has 5 heteroatoms. The van der Waals surface area contributed by atoms with E-state index in [1.54, 1.807) is 4.90 Å². The first kappa shape index (κ1) is 17.3. The number of aromatic carboxylic acids is 1. The van der Waals surface area contributed by atoms with Gasteiger partial charge in [0.1, 0.15) is 0 Å². The van der Waals surface area contributed by atoms with Crippen LogP contribution in [-0.2, 0) is 6.42 Å². The molecular formula is C20H23NO4. The predicted molar refractivity (Wildman–Crippen MR) is 93.7 cm³/mol. The predicted octanol–water partition coefficient (Wildman–Crippen LogP) is 3.85. The quantitative estimate of drug-likeness (QED) is 0.866. The fourth-order valence-electron chi connectivity index (χ4n) is 3.45. The summed E-state index contributed by atoms with van der Waals surface area (Å²) < 4.78 is 5.14. The fraction of sp³-hybridized carbons (Fsp3) is 0.400. The number of piperidine rings is 1. The number of carbonyl (C=O) groups excluding carboxylic acids is 1. The van der Waals surface area contributed by atoms with Gasteiger partial charge < -0.3 is 14.4 Å². The lowest BCUT2D eigenvalue weighted by atomic mass is 9.91. The Morgan fingerprint density at radius 3 is 2.60 bits per heavy atom. The van der Waals surface area contributed by atoms with Gasteiger partial charge in [0.15, 0.2) is 5.76 Å². The Labute approximate surface area is 147 Å². The standard InChI is InChI=1S/C20H23NO4/c22-19(17-11-12-18(25-17)20(23)24)21-13-5-10-16(14-21)9-4-8-15-6-2-1-3-7-15/h1-3,6-7,11-12,16H,4-5,8-10,13-14H2,(H,23,24). The van der Waals surface area contributed by atoms with Crippen LogP contribution in [0.15, 0.2) is 46.9 Å². The number of hydrogen-bond donors (Lipinski definition) is 1. The molecule has 0 aliphatic carbocycles. The summed E-state index contributed by atoms with van der Waals surface area (Å²) in [5.74, 6) is -0.950. The Morgan fingerprint density at radius 2 is 1.88 bits per heavy atom. The number of nitrogens with zero attached hydrogens (tertiary/aromatic N) is 1. The maximum atomic E-state index is 12.5. The second kappa shape index (κ2) is 8.01. The van der Waals surface area contributed by atoms with E-state index in [0.717, 1.165) is 38.6 Å². The van der Waals surface area contributed by atoms with E-state index in [4.69, 9.17) is 9.52 Å². The number of rotatable bonds is 6. The summed E-state index contributed by atoms with van der Waals surface area (Å²) in [6, 6.07) is 13.2. The van der Waals surface area contributed by atoms with Crippen molar-refractivity contribution in [1.82, 2.24) is 4.90 Å². The van der Waals surface area contributed by atoms with Crippen LogP contribution in [0.2, 0.25) is 0 Å². The monoisotopic (exact) mass is 341 g/mol. The molecule has 5 nitrogen and oxygen atoms in total. The van der Waals surface area contributed by atoms with Crippen molar-refractivity contribution in [3.05, 3.63) is 59.5 Å². The fourth-order valence-corrected chi connectivity index (χ4v) is 3.45. The number of benzene rings is 1. The largest absolute Gasteiger partial charge is 0.475 e. The van der Waals surface area contributed by atoms with E-state index < -0.39 is 5.97 Å². The first-order chi connectivity index (χ1) is 12.1. The Balaban J connectivity index is 1.51. The lowest BCUT2D eigenvalue weighted by Gasteiger charge is -2.32. The first-order valence-corrected chi connectivity index (χ1v) is 8.80. The summed E-state index contributed by atoms with van der Waals surface area (Å²) in [6.07, 6.45) is 5.38. The maximum absolute atomic E-state index is 12.5.